The minimum absolute atomic E-state index is 0.0592. The first kappa shape index (κ1) is 17.2. The molecule has 0 atom stereocenters. The Morgan fingerprint density at radius 1 is 1.09 bits per heavy atom. The lowest BCUT2D eigenvalue weighted by molar-refractivity contribution is -0.113. The molecule has 0 saturated heterocycles. The summed E-state index contributed by atoms with van der Waals surface area (Å²) in [4.78, 5) is 13.0. The molecule has 2 aromatic rings. The maximum absolute atomic E-state index is 12.2. The number of thioether (sulfide) groups is 1. The fraction of sp³-hybridized carbons (Fsp3) is 0.235. The lowest BCUT2D eigenvalue weighted by Crippen LogP contribution is -2.16. The van der Waals surface area contributed by atoms with Crippen LogP contribution < -0.4 is 5.32 Å². The predicted octanol–water partition coefficient (Wildman–Crippen LogP) is 5.65. The molecule has 0 aromatic heterocycles. The highest BCUT2D eigenvalue weighted by Gasteiger charge is 2.10. The number of carbonyl (C=O) groups is 1. The first-order valence-corrected chi connectivity index (χ1v) is 8.56. The molecule has 0 bridgehead atoms. The van der Waals surface area contributed by atoms with Crippen molar-refractivity contribution in [2.45, 2.75) is 25.7 Å². The van der Waals surface area contributed by atoms with E-state index in [2.05, 4.69) is 17.4 Å². The molecule has 2 nitrogen and oxygen atoms in total. The Bertz CT molecular complexity index is 693. The number of nitrogens with one attached hydrogen (secondary N) is 1. The molecule has 0 unspecified atom stereocenters. The zero-order valence-corrected chi connectivity index (χ0v) is 15.0. The molecule has 0 aliphatic carbocycles. The summed E-state index contributed by atoms with van der Waals surface area (Å²) in [5.41, 5.74) is 4.20. The van der Waals surface area contributed by atoms with Gasteiger partial charge in [-0.1, -0.05) is 40.9 Å². The monoisotopic (exact) mass is 353 g/mol. The molecule has 0 aliphatic heterocycles. The third-order valence-corrected chi connectivity index (χ3v) is 4.93. The molecule has 116 valence electrons. The number of benzene rings is 2. The quantitative estimate of drug-likeness (QED) is 0.719. The van der Waals surface area contributed by atoms with Crippen molar-refractivity contribution in [3.05, 3.63) is 57.1 Å². The summed E-state index contributed by atoms with van der Waals surface area (Å²) in [6.07, 6.45) is 0. The van der Waals surface area contributed by atoms with Gasteiger partial charge in [-0.25, -0.2) is 0 Å². The van der Waals surface area contributed by atoms with Gasteiger partial charge in [0.25, 0.3) is 0 Å². The largest absolute Gasteiger partial charge is 0.325 e. The summed E-state index contributed by atoms with van der Waals surface area (Å²) in [6, 6.07) is 9.35. The van der Waals surface area contributed by atoms with E-state index in [9.17, 15) is 4.79 Å². The van der Waals surface area contributed by atoms with Gasteiger partial charge < -0.3 is 5.32 Å². The van der Waals surface area contributed by atoms with Gasteiger partial charge in [-0.05, 0) is 50.1 Å². The van der Waals surface area contributed by atoms with Crippen LogP contribution in [0.2, 0.25) is 10.0 Å². The van der Waals surface area contributed by atoms with Crippen LogP contribution in [-0.4, -0.2) is 11.7 Å². The minimum Gasteiger partial charge on any atom is -0.325 e. The van der Waals surface area contributed by atoms with Crippen LogP contribution in [0.1, 0.15) is 16.7 Å². The van der Waals surface area contributed by atoms with Gasteiger partial charge in [0.05, 0.1) is 10.8 Å². The SMILES string of the molecule is Cc1cc(C)c(NC(=O)CSc2cc(Cl)ccc2Cl)c(C)c1. The van der Waals surface area contributed by atoms with Gasteiger partial charge in [0, 0.05) is 15.6 Å². The van der Waals surface area contributed by atoms with Gasteiger partial charge in [0.15, 0.2) is 0 Å². The second-order valence-corrected chi connectivity index (χ2v) is 7.05. The standard InChI is InChI=1S/C17H17Cl2NOS/c1-10-6-11(2)17(12(3)7-10)20-16(21)9-22-15-8-13(18)4-5-14(15)19/h4-8H,9H2,1-3H3,(H,20,21). The lowest BCUT2D eigenvalue weighted by Gasteiger charge is -2.13. The molecule has 0 fully saturated rings. The Kier molecular flexibility index (Phi) is 5.79. The second kappa shape index (κ2) is 7.40. The normalized spacial score (nSPS) is 10.6. The molecule has 0 aliphatic rings. The molecule has 0 radical (unpaired) electrons. The van der Waals surface area contributed by atoms with Crippen LogP contribution in [0.4, 0.5) is 5.69 Å². The van der Waals surface area contributed by atoms with Crippen molar-refractivity contribution in [2.75, 3.05) is 11.1 Å². The number of amides is 1. The van der Waals surface area contributed by atoms with Crippen molar-refractivity contribution in [1.29, 1.82) is 0 Å². The highest BCUT2D eigenvalue weighted by Crippen LogP contribution is 2.30. The zero-order valence-electron chi connectivity index (χ0n) is 12.7. The number of rotatable bonds is 4. The van der Waals surface area contributed by atoms with Gasteiger partial charge in [-0.15, -0.1) is 11.8 Å². The van der Waals surface area contributed by atoms with E-state index in [0.29, 0.717) is 10.0 Å². The Hall–Kier alpha value is -1.16. The second-order valence-electron chi connectivity index (χ2n) is 5.19. The summed E-state index contributed by atoms with van der Waals surface area (Å²) in [5.74, 6) is 0.225. The highest BCUT2D eigenvalue weighted by atomic mass is 35.5. The van der Waals surface area contributed by atoms with E-state index in [0.717, 1.165) is 21.7 Å². The fourth-order valence-electron chi connectivity index (χ4n) is 2.28. The number of hydrogen-bond donors (Lipinski definition) is 1. The van der Waals surface area contributed by atoms with Crippen LogP contribution >= 0.6 is 35.0 Å². The molecule has 0 saturated carbocycles. The van der Waals surface area contributed by atoms with Crippen molar-refractivity contribution in [1.82, 2.24) is 0 Å². The number of halogens is 2. The predicted molar refractivity (Wildman–Crippen MR) is 96.5 cm³/mol. The van der Waals surface area contributed by atoms with E-state index in [1.54, 1.807) is 18.2 Å². The van der Waals surface area contributed by atoms with Crippen LogP contribution in [0.25, 0.3) is 0 Å². The summed E-state index contributed by atoms with van der Waals surface area (Å²) < 4.78 is 0. The highest BCUT2D eigenvalue weighted by molar-refractivity contribution is 8.00. The average molecular weight is 354 g/mol. The number of anilines is 1. The van der Waals surface area contributed by atoms with E-state index < -0.39 is 0 Å². The van der Waals surface area contributed by atoms with E-state index in [1.807, 2.05) is 20.8 Å². The molecule has 5 heteroatoms. The first-order valence-electron chi connectivity index (χ1n) is 6.82. The van der Waals surface area contributed by atoms with E-state index in [-0.39, 0.29) is 11.7 Å². The lowest BCUT2D eigenvalue weighted by atomic mass is 10.1. The summed E-state index contributed by atoms with van der Waals surface area (Å²) >= 11 is 13.4. The smallest absolute Gasteiger partial charge is 0.234 e. The first-order chi connectivity index (χ1) is 10.4. The molecule has 22 heavy (non-hydrogen) atoms. The van der Waals surface area contributed by atoms with E-state index >= 15 is 0 Å². The number of carbonyl (C=O) groups excluding carboxylic acids is 1. The van der Waals surface area contributed by atoms with Gasteiger partial charge in [-0.3, -0.25) is 4.79 Å². The summed E-state index contributed by atoms with van der Waals surface area (Å²) in [5, 5.41) is 4.18. The van der Waals surface area contributed by atoms with Crippen LogP contribution in [0, 0.1) is 20.8 Å². The van der Waals surface area contributed by atoms with Crippen LogP contribution in [-0.2, 0) is 4.79 Å². The Labute approximate surface area is 145 Å². The van der Waals surface area contributed by atoms with Crippen molar-refractivity contribution in [2.24, 2.45) is 0 Å². The van der Waals surface area contributed by atoms with Crippen molar-refractivity contribution < 1.29 is 4.79 Å². The molecule has 2 aromatic carbocycles. The number of hydrogen-bond acceptors (Lipinski definition) is 2. The third kappa shape index (κ3) is 4.42. The molecule has 0 spiro atoms. The van der Waals surface area contributed by atoms with Gasteiger partial charge in [0.1, 0.15) is 0 Å². The molecule has 1 amide bonds. The van der Waals surface area contributed by atoms with E-state index in [4.69, 9.17) is 23.2 Å². The summed E-state index contributed by atoms with van der Waals surface area (Å²) in [7, 11) is 0. The minimum atomic E-state index is -0.0592. The maximum Gasteiger partial charge on any atom is 0.234 e. The van der Waals surface area contributed by atoms with Gasteiger partial charge in [0.2, 0.25) is 5.91 Å². The van der Waals surface area contributed by atoms with E-state index in [1.165, 1.54) is 17.3 Å². The van der Waals surface area contributed by atoms with Crippen LogP contribution in [0.15, 0.2) is 35.2 Å². The Morgan fingerprint density at radius 2 is 1.73 bits per heavy atom. The van der Waals surface area contributed by atoms with Crippen LogP contribution in [0.5, 0.6) is 0 Å². The Morgan fingerprint density at radius 3 is 2.36 bits per heavy atom. The molecular formula is C17H17Cl2NOS. The van der Waals surface area contributed by atoms with Crippen molar-refractivity contribution in [3.63, 3.8) is 0 Å². The van der Waals surface area contributed by atoms with Gasteiger partial charge in [-0.2, -0.15) is 0 Å². The number of aryl methyl sites for hydroxylation is 3. The molecule has 1 N–H and O–H groups in total. The third-order valence-electron chi connectivity index (χ3n) is 3.19. The maximum atomic E-state index is 12.2. The van der Waals surface area contributed by atoms with Crippen LogP contribution in [0.3, 0.4) is 0 Å². The van der Waals surface area contributed by atoms with Crippen molar-refractivity contribution in [3.8, 4) is 0 Å². The topological polar surface area (TPSA) is 29.1 Å². The van der Waals surface area contributed by atoms with Gasteiger partial charge >= 0.3 is 0 Å². The molecule has 0 heterocycles. The average Bonchev–Trinajstić information content (AvgIpc) is 2.44. The molecule has 2 rings (SSSR count). The summed E-state index contributed by atoms with van der Waals surface area (Å²) in [6.45, 7) is 6.04. The zero-order chi connectivity index (χ0) is 16.3. The fourth-order valence-corrected chi connectivity index (χ4v) is 3.58. The Balaban J connectivity index is 2.03. The van der Waals surface area contributed by atoms with Crippen molar-refractivity contribution >= 4 is 46.6 Å². The molecular weight excluding hydrogens is 337 g/mol.